The summed E-state index contributed by atoms with van der Waals surface area (Å²) in [7, 11) is 0. The minimum atomic E-state index is -0.811. The average molecular weight is 518 g/mol. The van der Waals surface area contributed by atoms with E-state index < -0.39 is 5.97 Å². The molecular weight excluding hydrogens is 504 g/mol. The fraction of sp³-hybridized carbons (Fsp3) is 0.364. The van der Waals surface area contributed by atoms with E-state index in [-0.39, 0.29) is 18.8 Å². The average Bonchev–Trinajstić information content (AvgIpc) is 2.64. The second-order valence-electron chi connectivity index (χ2n) is 3.94. The molecule has 0 aromatic heterocycles. The molecule has 0 radical (unpaired) electrons. The summed E-state index contributed by atoms with van der Waals surface area (Å²) in [6.07, 6.45) is -0.0645. The van der Waals surface area contributed by atoms with Crippen LogP contribution in [0.15, 0.2) is 23.1 Å². The van der Waals surface area contributed by atoms with E-state index in [2.05, 4.69) is 0 Å². The zero-order valence-electron chi connectivity index (χ0n) is 10.3. The number of nitrogens with two attached hydrogens (primary N) is 1. The molecular formula is C11H14BNO3RfS. The smallest absolute Gasteiger partial charge is 0.325 e. The molecule has 0 saturated carbocycles. The number of carboxylic acids is 1. The van der Waals surface area contributed by atoms with Gasteiger partial charge in [-0.3, -0.25) is 4.79 Å². The number of hydrogen-bond donors (Lipinski definition) is 2. The molecule has 4 nitrogen and oxygen atoms in total. The molecule has 0 saturated heterocycles. The molecule has 0 bridgehead atoms. The summed E-state index contributed by atoms with van der Waals surface area (Å²) in [6, 6.07) is 5.86. The van der Waals surface area contributed by atoms with Gasteiger partial charge in [-0.1, -0.05) is 19.0 Å². The van der Waals surface area contributed by atoms with Crippen molar-refractivity contribution in [2.24, 2.45) is 5.73 Å². The molecule has 1 unspecified atom stereocenters. The van der Waals surface area contributed by atoms with Gasteiger partial charge in [-0.05, 0) is 17.1 Å². The van der Waals surface area contributed by atoms with Crippen LogP contribution >= 0.6 is 11.8 Å². The van der Waals surface area contributed by atoms with Gasteiger partial charge in [-0.15, -0.1) is 11.8 Å². The summed E-state index contributed by atoms with van der Waals surface area (Å²) in [5, 5.41) is 8.72. The Labute approximate surface area is 105 Å². The van der Waals surface area contributed by atoms with E-state index in [1.54, 1.807) is 0 Å². The minimum Gasteiger partial charge on any atom is -0.481 e. The molecule has 1 atom stereocenters. The maximum Gasteiger partial charge on any atom is 0.325 e. The Kier molecular flexibility index (Phi) is 4.36. The van der Waals surface area contributed by atoms with Gasteiger partial charge >= 0.3 is 12.9 Å². The predicted molar refractivity (Wildman–Crippen MR) is 68.9 cm³/mol. The first kappa shape index (κ1) is 14.1. The summed E-state index contributed by atoms with van der Waals surface area (Å²) in [5.41, 5.74) is 7.84. The summed E-state index contributed by atoms with van der Waals surface area (Å²) < 4.78 is 5.74. The van der Waals surface area contributed by atoms with Crippen molar-refractivity contribution in [3.8, 4) is 0 Å². The standard InChI is InChI=1S/C11H14BNO3S.Rf/c1-12-11-7(8(5-13)16-12)3-2-4-9(11)17-6-10(14)15;/h2-4,8H,5-6,13H2,1H3,(H,14,15);. The molecule has 92 valence electrons. The van der Waals surface area contributed by atoms with E-state index in [0.717, 1.165) is 15.9 Å². The molecule has 0 spiro atoms. The largest absolute Gasteiger partial charge is 0.481 e. The van der Waals surface area contributed by atoms with Gasteiger partial charge in [0, 0.05) is 11.4 Å². The Morgan fingerprint density at radius 1 is 1.61 bits per heavy atom. The van der Waals surface area contributed by atoms with Crippen LogP contribution in [0.2, 0.25) is 6.82 Å². The van der Waals surface area contributed by atoms with Gasteiger partial charge in [0.1, 0.15) is 0 Å². The number of rotatable bonds is 4. The van der Waals surface area contributed by atoms with Gasteiger partial charge in [0.15, 0.2) is 0 Å². The first-order chi connectivity index (χ1) is 8.13. The molecule has 18 heavy (non-hydrogen) atoms. The minimum absolute atomic E-state index is 0. The second kappa shape index (κ2) is 5.57. The van der Waals surface area contributed by atoms with Crippen molar-refractivity contribution >= 4 is 30.1 Å². The van der Waals surface area contributed by atoms with Crippen molar-refractivity contribution in [3.05, 3.63) is 23.8 Å². The van der Waals surface area contributed by atoms with E-state index in [1.165, 1.54) is 11.8 Å². The summed E-state index contributed by atoms with van der Waals surface area (Å²) in [6.45, 7) is 2.40. The van der Waals surface area contributed by atoms with Crippen molar-refractivity contribution in [3.63, 3.8) is 0 Å². The molecule has 1 aromatic carbocycles. The molecule has 7 heteroatoms. The van der Waals surface area contributed by atoms with Crippen LogP contribution in [0.5, 0.6) is 0 Å². The SMILES string of the molecule is CB1OC(CN)c2cccc(SCC(=O)O)c21.[Rf]. The van der Waals surface area contributed by atoms with Crippen LogP contribution in [-0.2, 0) is 9.45 Å². The first-order valence-corrected chi connectivity index (χ1v) is 6.45. The summed E-state index contributed by atoms with van der Waals surface area (Å²) in [5.74, 6) is -0.745. The monoisotopic (exact) mass is 518 g/mol. The van der Waals surface area contributed by atoms with Crippen LogP contribution < -0.4 is 11.2 Å². The maximum absolute atomic E-state index is 10.6. The number of carbonyl (C=O) groups is 1. The molecule has 1 aromatic rings. The molecule has 2 rings (SSSR count). The quantitative estimate of drug-likeness (QED) is 0.455. The van der Waals surface area contributed by atoms with Crippen LogP contribution in [0.25, 0.3) is 0 Å². The summed E-state index contributed by atoms with van der Waals surface area (Å²) in [4.78, 5) is 11.6. The number of thioether (sulfide) groups is 1. The number of benzene rings is 1. The maximum atomic E-state index is 10.6. The van der Waals surface area contributed by atoms with Crippen molar-refractivity contribution in [2.75, 3.05) is 12.3 Å². The fourth-order valence-electron chi connectivity index (χ4n) is 2.11. The van der Waals surface area contributed by atoms with E-state index >= 15 is 0 Å². The topological polar surface area (TPSA) is 72.5 Å². The second-order valence-corrected chi connectivity index (χ2v) is 4.96. The third-order valence-electron chi connectivity index (χ3n) is 2.79. The third kappa shape index (κ3) is 2.47. The molecule has 0 amide bonds. The molecule has 1 aliphatic heterocycles. The third-order valence-corrected chi connectivity index (χ3v) is 3.85. The van der Waals surface area contributed by atoms with Crippen LogP contribution in [-0.4, -0.2) is 30.3 Å². The molecule has 0 fully saturated rings. The zero-order chi connectivity index (χ0) is 12.4. The number of carboxylic acid groups (broad SMARTS) is 1. The van der Waals surface area contributed by atoms with Crippen LogP contribution in [0.3, 0.4) is 0 Å². The van der Waals surface area contributed by atoms with Gasteiger partial charge in [-0.2, -0.15) is 0 Å². The van der Waals surface area contributed by atoms with Crippen LogP contribution in [0.1, 0.15) is 11.7 Å². The Bertz CT molecular complexity index is 446. The number of hydrogen-bond acceptors (Lipinski definition) is 4. The Balaban J connectivity index is 0.00000162. The van der Waals surface area contributed by atoms with Gasteiger partial charge in [0.25, 0.3) is 0 Å². The van der Waals surface area contributed by atoms with E-state index in [9.17, 15) is 4.79 Å². The number of fused-ring (bicyclic) bond motifs is 1. The summed E-state index contributed by atoms with van der Waals surface area (Å²) >= 11 is 1.33. The van der Waals surface area contributed by atoms with Crippen LogP contribution in [0, 0.1) is 0 Å². The van der Waals surface area contributed by atoms with Crippen molar-refractivity contribution in [2.45, 2.75) is 17.8 Å². The molecule has 1 aliphatic rings. The first-order valence-electron chi connectivity index (χ1n) is 5.46. The van der Waals surface area contributed by atoms with Crippen molar-refractivity contribution in [1.82, 2.24) is 0 Å². The zero-order valence-corrected chi connectivity index (χ0v) is 17.5. The Morgan fingerprint density at radius 3 is 2.94 bits per heavy atom. The predicted octanol–water partition coefficient (Wildman–Crippen LogP) is 0.722. The van der Waals surface area contributed by atoms with E-state index in [0.29, 0.717) is 6.54 Å². The Morgan fingerprint density at radius 2 is 2.33 bits per heavy atom. The molecule has 0 aliphatic carbocycles. The molecule has 1 heterocycles. The van der Waals surface area contributed by atoms with Gasteiger partial charge in [0.2, 0.25) is 0 Å². The molecule has 3 N–H and O–H groups in total. The van der Waals surface area contributed by atoms with Gasteiger partial charge in [0.05, 0.1) is 11.9 Å². The van der Waals surface area contributed by atoms with Crippen molar-refractivity contribution < 1.29 is 14.6 Å². The fourth-order valence-corrected chi connectivity index (χ4v) is 3.01. The van der Waals surface area contributed by atoms with E-state index in [1.807, 2.05) is 25.0 Å². The normalized spacial score (nSPS) is 17.2. The Hall–Kier alpha value is -1.98. The van der Waals surface area contributed by atoms with Crippen molar-refractivity contribution in [1.29, 1.82) is 0 Å². The van der Waals surface area contributed by atoms with Crippen LogP contribution in [0.4, 0.5) is 0 Å². The van der Waals surface area contributed by atoms with Gasteiger partial charge < -0.3 is 15.5 Å². The number of aliphatic carboxylic acids is 1. The van der Waals surface area contributed by atoms with Gasteiger partial charge in [-0.25, -0.2) is 0 Å². The van der Waals surface area contributed by atoms with E-state index in [4.69, 9.17) is 15.5 Å².